The summed E-state index contributed by atoms with van der Waals surface area (Å²) in [5.74, 6) is -0.366. The summed E-state index contributed by atoms with van der Waals surface area (Å²) in [7, 11) is 0. The van der Waals surface area contributed by atoms with Gasteiger partial charge >= 0.3 is 5.97 Å². The van der Waals surface area contributed by atoms with E-state index in [4.69, 9.17) is 14.3 Å². The van der Waals surface area contributed by atoms with Gasteiger partial charge in [0.05, 0.1) is 17.9 Å². The fourth-order valence-electron chi connectivity index (χ4n) is 3.19. The van der Waals surface area contributed by atoms with Crippen molar-refractivity contribution in [3.63, 3.8) is 0 Å². The molecule has 2 heterocycles. The van der Waals surface area contributed by atoms with E-state index in [-0.39, 0.29) is 12.2 Å². The van der Waals surface area contributed by atoms with Crippen LogP contribution in [0.25, 0.3) is 10.8 Å². The number of aromatic carboxylic acids is 1. The van der Waals surface area contributed by atoms with Crippen molar-refractivity contribution >= 4 is 22.5 Å². The molecule has 0 saturated carbocycles. The summed E-state index contributed by atoms with van der Waals surface area (Å²) >= 11 is 0. The molecule has 0 radical (unpaired) electrons. The van der Waals surface area contributed by atoms with Gasteiger partial charge in [-0.25, -0.2) is 4.79 Å². The van der Waals surface area contributed by atoms with Crippen LogP contribution in [0.1, 0.15) is 35.3 Å². The van der Waals surface area contributed by atoms with E-state index >= 15 is 0 Å². The third kappa shape index (κ3) is 4.93. The summed E-state index contributed by atoms with van der Waals surface area (Å²) in [6.07, 6.45) is 3.78. The van der Waals surface area contributed by atoms with Gasteiger partial charge in [0, 0.05) is 12.6 Å². The fourth-order valence-corrected chi connectivity index (χ4v) is 3.19. The number of oxime groups is 1. The molecule has 1 atom stereocenters. The van der Waals surface area contributed by atoms with Crippen molar-refractivity contribution in [3.8, 4) is 5.75 Å². The molecule has 2 aromatic carbocycles. The Labute approximate surface area is 173 Å². The molecule has 0 aliphatic carbocycles. The minimum absolute atomic E-state index is 0.0706. The molecule has 1 fully saturated rings. The number of hydrogen-bond donors (Lipinski definition) is 1. The van der Waals surface area contributed by atoms with E-state index in [0.717, 1.165) is 30.0 Å². The Balaban J connectivity index is 1.55. The van der Waals surface area contributed by atoms with Crippen molar-refractivity contribution in [1.82, 2.24) is 4.98 Å². The number of nitrogens with zero attached hydrogens (tertiary/aromatic N) is 2. The summed E-state index contributed by atoms with van der Waals surface area (Å²) in [5.41, 5.74) is 0.888. The standard InChI is InChI=1S/C23H22N2O5/c26-23(27)18-10-11-24-20(14-18)21(25-30-22-7-3-4-12-28-22)15-29-19-9-8-16-5-1-2-6-17(16)13-19/h1-2,5-6,8-11,13-14,22H,3-4,7,12,15H2,(H,26,27)/b25-21+. The zero-order valence-electron chi connectivity index (χ0n) is 16.4. The van der Waals surface area contributed by atoms with Gasteiger partial charge in [-0.1, -0.05) is 35.5 Å². The number of benzene rings is 2. The molecule has 0 amide bonds. The van der Waals surface area contributed by atoms with Gasteiger partial charge in [0.2, 0.25) is 6.29 Å². The molecule has 1 aliphatic heterocycles. The largest absolute Gasteiger partial charge is 0.487 e. The maximum Gasteiger partial charge on any atom is 0.335 e. The second kappa shape index (κ2) is 9.37. The van der Waals surface area contributed by atoms with E-state index in [1.165, 1.54) is 18.3 Å². The molecule has 3 aromatic rings. The maximum atomic E-state index is 11.3. The third-order valence-electron chi connectivity index (χ3n) is 4.82. The molecule has 7 nitrogen and oxygen atoms in total. The Bertz CT molecular complexity index is 1060. The lowest BCUT2D eigenvalue weighted by molar-refractivity contribution is -0.162. The Hall–Kier alpha value is -3.45. The van der Waals surface area contributed by atoms with Crippen molar-refractivity contribution in [2.24, 2.45) is 5.16 Å². The summed E-state index contributed by atoms with van der Waals surface area (Å²) in [4.78, 5) is 21.1. The molecule has 1 aliphatic rings. The molecular formula is C23H22N2O5. The number of rotatable bonds is 7. The number of pyridine rings is 1. The lowest BCUT2D eigenvalue weighted by Crippen LogP contribution is -2.22. The number of carbonyl (C=O) groups is 1. The number of ether oxygens (including phenoxy) is 2. The number of fused-ring (bicyclic) bond motifs is 1. The zero-order valence-corrected chi connectivity index (χ0v) is 16.4. The number of carboxylic acid groups (broad SMARTS) is 1. The lowest BCUT2D eigenvalue weighted by atomic mass is 10.1. The van der Waals surface area contributed by atoms with Gasteiger partial charge in [-0.3, -0.25) is 4.98 Å². The van der Waals surface area contributed by atoms with Crippen molar-refractivity contribution in [1.29, 1.82) is 0 Å². The number of hydrogen-bond acceptors (Lipinski definition) is 6. The second-order valence-electron chi connectivity index (χ2n) is 6.97. The van der Waals surface area contributed by atoms with Gasteiger partial charge in [0.1, 0.15) is 18.1 Å². The molecule has 154 valence electrons. The molecule has 30 heavy (non-hydrogen) atoms. The van der Waals surface area contributed by atoms with Gasteiger partial charge < -0.3 is 19.4 Å². The van der Waals surface area contributed by atoms with Crippen LogP contribution in [0.15, 0.2) is 65.9 Å². The minimum Gasteiger partial charge on any atom is -0.487 e. The van der Waals surface area contributed by atoms with Crippen LogP contribution in [-0.4, -0.2) is 41.3 Å². The van der Waals surface area contributed by atoms with E-state index in [0.29, 0.717) is 23.8 Å². The second-order valence-corrected chi connectivity index (χ2v) is 6.97. The average Bonchev–Trinajstić information content (AvgIpc) is 2.79. The molecule has 7 heteroatoms. The lowest BCUT2D eigenvalue weighted by Gasteiger charge is -2.20. The highest BCUT2D eigenvalue weighted by atomic mass is 16.8. The van der Waals surface area contributed by atoms with E-state index in [9.17, 15) is 9.90 Å². The highest BCUT2D eigenvalue weighted by Crippen LogP contribution is 2.21. The van der Waals surface area contributed by atoms with Crippen LogP contribution in [0.5, 0.6) is 5.75 Å². The SMILES string of the molecule is O=C(O)c1ccnc(/C(COc2ccc3ccccc3c2)=N/OC2CCCCO2)c1. The average molecular weight is 406 g/mol. The first-order valence-electron chi connectivity index (χ1n) is 9.85. The van der Waals surface area contributed by atoms with Crippen LogP contribution in [0.4, 0.5) is 0 Å². The Kier molecular flexibility index (Phi) is 6.20. The fraction of sp³-hybridized carbons (Fsp3) is 0.261. The Morgan fingerprint density at radius 1 is 1.13 bits per heavy atom. The Morgan fingerprint density at radius 2 is 2.00 bits per heavy atom. The van der Waals surface area contributed by atoms with Crippen LogP contribution in [0.2, 0.25) is 0 Å². The van der Waals surface area contributed by atoms with Gasteiger partial charge in [-0.2, -0.15) is 0 Å². The van der Waals surface area contributed by atoms with Gasteiger partial charge in [-0.05, 0) is 47.9 Å². The molecular weight excluding hydrogens is 384 g/mol. The van der Waals surface area contributed by atoms with Crippen LogP contribution >= 0.6 is 0 Å². The maximum absolute atomic E-state index is 11.3. The molecule has 4 rings (SSSR count). The molecule has 1 aromatic heterocycles. The third-order valence-corrected chi connectivity index (χ3v) is 4.82. The number of carboxylic acids is 1. The monoisotopic (exact) mass is 406 g/mol. The topological polar surface area (TPSA) is 90.2 Å². The first kappa shape index (κ1) is 19.8. The molecule has 1 saturated heterocycles. The van der Waals surface area contributed by atoms with Gasteiger partial charge in [-0.15, -0.1) is 0 Å². The number of aromatic nitrogens is 1. The molecule has 1 unspecified atom stereocenters. The predicted molar refractivity (Wildman–Crippen MR) is 112 cm³/mol. The van der Waals surface area contributed by atoms with Crippen molar-refractivity contribution in [2.45, 2.75) is 25.6 Å². The van der Waals surface area contributed by atoms with Crippen molar-refractivity contribution in [3.05, 3.63) is 72.1 Å². The summed E-state index contributed by atoms with van der Waals surface area (Å²) in [5, 5.41) is 15.7. The smallest absolute Gasteiger partial charge is 0.335 e. The van der Waals surface area contributed by atoms with E-state index in [2.05, 4.69) is 10.1 Å². The van der Waals surface area contributed by atoms with Crippen LogP contribution in [0, 0.1) is 0 Å². The van der Waals surface area contributed by atoms with Crippen LogP contribution in [0.3, 0.4) is 0 Å². The minimum atomic E-state index is -1.04. The molecule has 0 spiro atoms. The quantitative estimate of drug-likeness (QED) is 0.466. The Morgan fingerprint density at radius 3 is 2.80 bits per heavy atom. The summed E-state index contributed by atoms with van der Waals surface area (Å²) < 4.78 is 11.5. The van der Waals surface area contributed by atoms with E-state index in [1.807, 2.05) is 42.5 Å². The first-order chi connectivity index (χ1) is 14.7. The van der Waals surface area contributed by atoms with Crippen LogP contribution < -0.4 is 4.74 Å². The van der Waals surface area contributed by atoms with Gasteiger partial charge in [0.15, 0.2) is 0 Å². The van der Waals surface area contributed by atoms with Gasteiger partial charge in [0.25, 0.3) is 0 Å². The highest BCUT2D eigenvalue weighted by Gasteiger charge is 2.17. The zero-order chi connectivity index (χ0) is 20.8. The highest BCUT2D eigenvalue weighted by molar-refractivity contribution is 6.01. The first-order valence-corrected chi connectivity index (χ1v) is 9.85. The predicted octanol–water partition coefficient (Wildman–Crippen LogP) is 4.26. The van der Waals surface area contributed by atoms with Crippen molar-refractivity contribution < 1.29 is 24.2 Å². The summed E-state index contributed by atoms with van der Waals surface area (Å²) in [6, 6.07) is 16.7. The van der Waals surface area contributed by atoms with Crippen LogP contribution in [-0.2, 0) is 9.57 Å². The molecule has 1 N–H and O–H groups in total. The van der Waals surface area contributed by atoms with E-state index < -0.39 is 12.3 Å². The summed E-state index contributed by atoms with van der Waals surface area (Å²) in [6.45, 7) is 0.705. The molecule has 0 bridgehead atoms. The normalized spacial score (nSPS) is 16.9. The van der Waals surface area contributed by atoms with E-state index in [1.54, 1.807) is 0 Å². The van der Waals surface area contributed by atoms with Crippen molar-refractivity contribution in [2.75, 3.05) is 13.2 Å².